The molecule has 0 radical (unpaired) electrons. The molecule has 8 nitrogen and oxygen atoms in total. The molecule has 0 fully saturated rings. The van der Waals surface area contributed by atoms with Crippen molar-refractivity contribution in [3.8, 4) is 34.3 Å². The molecule has 0 aliphatic carbocycles. The van der Waals surface area contributed by atoms with Gasteiger partial charge in [-0.1, -0.05) is 0 Å². The molecule has 8 heteroatoms. The molecule has 4 rings (SSSR count). The van der Waals surface area contributed by atoms with E-state index in [1.165, 1.54) is 0 Å². The monoisotopic (exact) mass is 351 g/mol. The van der Waals surface area contributed by atoms with E-state index in [0.29, 0.717) is 47.5 Å². The number of nitrogens with zero attached hydrogens (tertiary/aromatic N) is 4. The molecule has 0 bridgehead atoms. The molecule has 1 amide bonds. The predicted molar refractivity (Wildman–Crippen MR) is 94.1 cm³/mol. The van der Waals surface area contributed by atoms with E-state index < -0.39 is 0 Å². The van der Waals surface area contributed by atoms with E-state index in [9.17, 15) is 4.79 Å². The van der Waals surface area contributed by atoms with Gasteiger partial charge in [-0.15, -0.1) is 0 Å². The highest BCUT2D eigenvalue weighted by molar-refractivity contribution is 5.94. The van der Waals surface area contributed by atoms with Gasteiger partial charge < -0.3 is 14.8 Å². The van der Waals surface area contributed by atoms with Crippen LogP contribution in [-0.2, 0) is 6.54 Å². The molecule has 0 saturated carbocycles. The van der Waals surface area contributed by atoms with Crippen LogP contribution >= 0.6 is 0 Å². The number of fused-ring (bicyclic) bond motifs is 1. The van der Waals surface area contributed by atoms with E-state index in [2.05, 4.69) is 20.4 Å². The van der Waals surface area contributed by atoms with E-state index in [4.69, 9.17) is 9.47 Å². The van der Waals surface area contributed by atoms with Crippen molar-refractivity contribution in [3.63, 3.8) is 0 Å². The van der Waals surface area contributed by atoms with Crippen molar-refractivity contribution in [2.45, 2.75) is 6.54 Å². The Morgan fingerprint density at radius 1 is 1.08 bits per heavy atom. The van der Waals surface area contributed by atoms with Gasteiger partial charge in [0.05, 0.1) is 26.5 Å². The number of hydrogen-bond acceptors (Lipinski definition) is 6. The van der Waals surface area contributed by atoms with Crippen molar-refractivity contribution in [2.75, 3.05) is 20.8 Å². The molecule has 0 unspecified atom stereocenters. The molecule has 0 spiro atoms. The fourth-order valence-electron chi connectivity index (χ4n) is 2.84. The molecule has 1 aliphatic heterocycles. The van der Waals surface area contributed by atoms with E-state index in [-0.39, 0.29) is 5.91 Å². The van der Waals surface area contributed by atoms with Gasteiger partial charge in [0.2, 0.25) is 0 Å². The zero-order chi connectivity index (χ0) is 18.1. The van der Waals surface area contributed by atoms with Gasteiger partial charge in [0.15, 0.2) is 5.82 Å². The summed E-state index contributed by atoms with van der Waals surface area (Å²) in [5.41, 5.74) is 2.58. The summed E-state index contributed by atoms with van der Waals surface area (Å²) in [6.07, 6.45) is 1.67. The Morgan fingerprint density at radius 3 is 2.54 bits per heavy atom. The summed E-state index contributed by atoms with van der Waals surface area (Å²) in [4.78, 5) is 20.9. The van der Waals surface area contributed by atoms with E-state index in [1.807, 2.05) is 12.1 Å². The van der Waals surface area contributed by atoms with Gasteiger partial charge in [-0.25, -0.2) is 9.97 Å². The highest BCUT2D eigenvalue weighted by Gasteiger charge is 2.20. The van der Waals surface area contributed by atoms with Crippen molar-refractivity contribution in [1.82, 2.24) is 25.1 Å². The molecule has 132 valence electrons. The standard InChI is InChI=1S/C18H17N5O3/c1-25-12-7-11(8-13(9-12)26-2)17-19-4-3-14(21-17)15-10-16-18(24)20-5-6-23(16)22-15/h3-4,7-10H,5-6H2,1-2H3,(H,20,24). The Bertz CT molecular complexity index is 960. The predicted octanol–water partition coefficient (Wildman–Crippen LogP) is 1.77. The molecule has 1 N–H and O–H groups in total. The van der Waals surface area contributed by atoms with Gasteiger partial charge in [-0.05, 0) is 24.3 Å². The SMILES string of the molecule is COc1cc(OC)cc(-c2nccc(-c3cc4n(n3)CCNC4=O)n2)c1. The third-order valence-corrected chi connectivity index (χ3v) is 4.15. The van der Waals surface area contributed by atoms with Crippen molar-refractivity contribution in [1.29, 1.82) is 0 Å². The number of aromatic nitrogens is 4. The first-order valence-corrected chi connectivity index (χ1v) is 8.11. The number of amides is 1. The average Bonchev–Trinajstić information content (AvgIpc) is 3.13. The van der Waals surface area contributed by atoms with Gasteiger partial charge in [0.1, 0.15) is 22.9 Å². The van der Waals surface area contributed by atoms with Gasteiger partial charge in [-0.3, -0.25) is 9.48 Å². The van der Waals surface area contributed by atoms with Crippen molar-refractivity contribution >= 4 is 5.91 Å². The van der Waals surface area contributed by atoms with Gasteiger partial charge >= 0.3 is 0 Å². The number of hydrogen-bond donors (Lipinski definition) is 1. The molecule has 26 heavy (non-hydrogen) atoms. The van der Waals surface area contributed by atoms with Crippen LogP contribution in [0.5, 0.6) is 11.5 Å². The first kappa shape index (κ1) is 16.1. The van der Waals surface area contributed by atoms with Gasteiger partial charge in [-0.2, -0.15) is 5.10 Å². The van der Waals surface area contributed by atoms with Crippen molar-refractivity contribution in [2.24, 2.45) is 0 Å². The molecule has 0 atom stereocenters. The number of rotatable bonds is 4. The lowest BCUT2D eigenvalue weighted by Crippen LogP contribution is -2.35. The minimum Gasteiger partial charge on any atom is -0.497 e. The number of methoxy groups -OCH3 is 2. The summed E-state index contributed by atoms with van der Waals surface area (Å²) in [6.45, 7) is 1.22. The maximum absolute atomic E-state index is 11.9. The smallest absolute Gasteiger partial charge is 0.269 e. The average molecular weight is 351 g/mol. The second kappa shape index (κ2) is 6.47. The summed E-state index contributed by atoms with van der Waals surface area (Å²) in [6, 6.07) is 8.98. The lowest BCUT2D eigenvalue weighted by molar-refractivity contribution is 0.0924. The highest BCUT2D eigenvalue weighted by Crippen LogP contribution is 2.29. The van der Waals surface area contributed by atoms with Crippen LogP contribution in [0.4, 0.5) is 0 Å². The van der Waals surface area contributed by atoms with Gasteiger partial charge in [0.25, 0.3) is 5.91 Å². The second-order valence-electron chi connectivity index (χ2n) is 5.76. The number of carbonyl (C=O) groups excluding carboxylic acids is 1. The second-order valence-corrected chi connectivity index (χ2v) is 5.76. The maximum Gasteiger partial charge on any atom is 0.269 e. The zero-order valence-electron chi connectivity index (χ0n) is 14.4. The van der Waals surface area contributed by atoms with Crippen LogP contribution in [0.25, 0.3) is 22.8 Å². The summed E-state index contributed by atoms with van der Waals surface area (Å²) >= 11 is 0. The Hall–Kier alpha value is -3.42. The van der Waals surface area contributed by atoms with Crippen molar-refractivity contribution in [3.05, 3.63) is 42.2 Å². The van der Waals surface area contributed by atoms with Crippen LogP contribution < -0.4 is 14.8 Å². The number of benzene rings is 1. The molecule has 3 aromatic rings. The molecule has 2 aromatic heterocycles. The highest BCUT2D eigenvalue weighted by atomic mass is 16.5. The summed E-state index contributed by atoms with van der Waals surface area (Å²) in [5, 5.41) is 7.30. The first-order chi connectivity index (χ1) is 12.7. The Labute approximate surface area is 149 Å². The van der Waals surface area contributed by atoms with Gasteiger partial charge in [0, 0.05) is 24.4 Å². The first-order valence-electron chi connectivity index (χ1n) is 8.11. The fourth-order valence-corrected chi connectivity index (χ4v) is 2.84. The lowest BCUT2D eigenvalue weighted by Gasteiger charge is -2.13. The third-order valence-electron chi connectivity index (χ3n) is 4.15. The van der Waals surface area contributed by atoms with E-state index in [0.717, 1.165) is 5.56 Å². The van der Waals surface area contributed by atoms with E-state index in [1.54, 1.807) is 43.3 Å². The molecule has 3 heterocycles. The van der Waals surface area contributed by atoms with Crippen LogP contribution in [0.1, 0.15) is 10.5 Å². The molecule has 1 aromatic carbocycles. The van der Waals surface area contributed by atoms with Crippen molar-refractivity contribution < 1.29 is 14.3 Å². The minimum absolute atomic E-state index is 0.123. The number of nitrogens with one attached hydrogen (secondary N) is 1. The number of ether oxygens (including phenoxy) is 2. The van der Waals surface area contributed by atoms with Crippen LogP contribution in [0, 0.1) is 0 Å². The Balaban J connectivity index is 1.75. The Morgan fingerprint density at radius 2 is 1.85 bits per heavy atom. The quantitative estimate of drug-likeness (QED) is 0.770. The van der Waals surface area contributed by atoms with Crippen LogP contribution in [0.15, 0.2) is 36.5 Å². The van der Waals surface area contributed by atoms with Crippen LogP contribution in [0.2, 0.25) is 0 Å². The fraction of sp³-hybridized carbons (Fsp3) is 0.222. The summed E-state index contributed by atoms with van der Waals surface area (Å²) in [7, 11) is 3.19. The topological polar surface area (TPSA) is 91.2 Å². The normalized spacial score (nSPS) is 13.1. The molecule has 0 saturated heterocycles. The van der Waals surface area contributed by atoms with Crippen LogP contribution in [-0.4, -0.2) is 46.4 Å². The van der Waals surface area contributed by atoms with E-state index >= 15 is 0 Å². The largest absolute Gasteiger partial charge is 0.497 e. The summed E-state index contributed by atoms with van der Waals surface area (Å²) < 4.78 is 12.3. The zero-order valence-corrected chi connectivity index (χ0v) is 14.4. The maximum atomic E-state index is 11.9. The minimum atomic E-state index is -0.123. The Kier molecular flexibility index (Phi) is 4.00. The summed E-state index contributed by atoms with van der Waals surface area (Å²) in [5.74, 6) is 1.71. The third kappa shape index (κ3) is 2.85. The number of carbonyl (C=O) groups is 1. The van der Waals surface area contributed by atoms with Crippen LogP contribution in [0.3, 0.4) is 0 Å². The molecular formula is C18H17N5O3. The molecular weight excluding hydrogens is 334 g/mol. The molecule has 1 aliphatic rings. The lowest BCUT2D eigenvalue weighted by atomic mass is 10.1.